The van der Waals surface area contributed by atoms with Crippen molar-refractivity contribution in [1.82, 2.24) is 4.57 Å². The fourth-order valence-corrected chi connectivity index (χ4v) is 3.01. The number of nitriles is 1. The molecule has 0 aliphatic heterocycles. The minimum absolute atomic E-state index is 0.0464. The van der Waals surface area contributed by atoms with Gasteiger partial charge in [-0.3, -0.25) is 4.79 Å². The quantitative estimate of drug-likeness (QED) is 0.535. The second-order valence-corrected chi connectivity index (χ2v) is 6.99. The standard InChI is InChI=1S/C20H24ClN3O5/c1-13(2)24-12-15(20(26)27)19(25)14-10-17(16(21)11-18(14)24)23-5-7-29-9-8-28-6-3-4-22/h10-13,23H,3,5-9H2,1-2H3,(H,26,27). The van der Waals surface area contributed by atoms with Gasteiger partial charge >= 0.3 is 5.97 Å². The molecule has 9 heteroatoms. The number of hydrogen-bond acceptors (Lipinski definition) is 6. The topological polar surface area (TPSA) is 114 Å². The number of aromatic carboxylic acids is 1. The van der Waals surface area contributed by atoms with Crippen molar-refractivity contribution in [2.24, 2.45) is 0 Å². The first-order valence-corrected chi connectivity index (χ1v) is 9.62. The van der Waals surface area contributed by atoms with E-state index in [-0.39, 0.29) is 17.0 Å². The van der Waals surface area contributed by atoms with Gasteiger partial charge in [0.15, 0.2) is 0 Å². The van der Waals surface area contributed by atoms with Gasteiger partial charge in [-0.05, 0) is 26.0 Å². The average molecular weight is 422 g/mol. The predicted octanol–water partition coefficient (Wildman–Crippen LogP) is 3.29. The van der Waals surface area contributed by atoms with Crippen LogP contribution < -0.4 is 10.7 Å². The van der Waals surface area contributed by atoms with Crippen molar-refractivity contribution in [1.29, 1.82) is 5.26 Å². The number of ether oxygens (including phenoxy) is 2. The highest BCUT2D eigenvalue weighted by Crippen LogP contribution is 2.28. The number of carbonyl (C=O) groups is 1. The highest BCUT2D eigenvalue weighted by molar-refractivity contribution is 6.34. The summed E-state index contributed by atoms with van der Waals surface area (Å²) in [5, 5.41) is 21.6. The molecule has 8 nitrogen and oxygen atoms in total. The lowest BCUT2D eigenvalue weighted by molar-refractivity contribution is 0.0538. The fourth-order valence-electron chi connectivity index (χ4n) is 2.78. The second kappa shape index (κ2) is 10.8. The Bertz CT molecular complexity index is 965. The summed E-state index contributed by atoms with van der Waals surface area (Å²) in [5.74, 6) is -1.26. The number of hydrogen-bond donors (Lipinski definition) is 2. The summed E-state index contributed by atoms with van der Waals surface area (Å²) < 4.78 is 12.4. The maximum absolute atomic E-state index is 12.6. The van der Waals surface area contributed by atoms with Crippen molar-refractivity contribution in [3.63, 3.8) is 0 Å². The third kappa shape index (κ3) is 5.94. The first-order chi connectivity index (χ1) is 13.9. The fraction of sp³-hybridized carbons (Fsp3) is 0.450. The van der Waals surface area contributed by atoms with Gasteiger partial charge < -0.3 is 24.5 Å². The van der Waals surface area contributed by atoms with Crippen molar-refractivity contribution in [2.75, 3.05) is 38.3 Å². The summed E-state index contributed by atoms with van der Waals surface area (Å²) in [6.45, 7) is 5.83. The van der Waals surface area contributed by atoms with Crippen LogP contribution in [0.3, 0.4) is 0 Å². The van der Waals surface area contributed by atoms with Gasteiger partial charge in [0.2, 0.25) is 5.43 Å². The van der Waals surface area contributed by atoms with Crippen LogP contribution in [-0.4, -0.2) is 48.6 Å². The van der Waals surface area contributed by atoms with E-state index in [2.05, 4.69) is 5.32 Å². The number of rotatable bonds is 11. The number of fused-ring (bicyclic) bond motifs is 1. The summed E-state index contributed by atoms with van der Waals surface area (Å²) in [6, 6.07) is 5.19. The van der Waals surface area contributed by atoms with Crippen LogP contribution in [-0.2, 0) is 9.47 Å². The van der Waals surface area contributed by atoms with Gasteiger partial charge in [0.1, 0.15) is 5.56 Å². The number of anilines is 1. The Morgan fingerprint density at radius 3 is 2.59 bits per heavy atom. The lowest BCUT2D eigenvalue weighted by Gasteiger charge is -2.17. The van der Waals surface area contributed by atoms with Crippen LogP contribution in [0.2, 0.25) is 5.02 Å². The molecule has 2 aromatic rings. The molecule has 0 atom stereocenters. The maximum Gasteiger partial charge on any atom is 0.341 e. The molecule has 1 heterocycles. The van der Waals surface area contributed by atoms with E-state index in [1.807, 2.05) is 19.9 Å². The normalized spacial score (nSPS) is 11.0. The Balaban J connectivity index is 2.10. The smallest absolute Gasteiger partial charge is 0.341 e. The van der Waals surface area contributed by atoms with Gasteiger partial charge in [0.25, 0.3) is 0 Å². The highest BCUT2D eigenvalue weighted by Gasteiger charge is 2.17. The molecular weight excluding hydrogens is 398 g/mol. The average Bonchev–Trinajstić information content (AvgIpc) is 2.67. The van der Waals surface area contributed by atoms with E-state index in [0.29, 0.717) is 55.6 Å². The van der Waals surface area contributed by atoms with Crippen LogP contribution >= 0.6 is 11.6 Å². The number of benzene rings is 1. The maximum atomic E-state index is 12.6. The number of carboxylic acids is 1. The highest BCUT2D eigenvalue weighted by atomic mass is 35.5. The second-order valence-electron chi connectivity index (χ2n) is 6.59. The van der Waals surface area contributed by atoms with Gasteiger partial charge in [0.05, 0.1) is 55.1 Å². The molecule has 1 aromatic carbocycles. The number of aromatic nitrogens is 1. The van der Waals surface area contributed by atoms with Crippen LogP contribution in [0.25, 0.3) is 10.9 Å². The largest absolute Gasteiger partial charge is 0.477 e. The molecule has 29 heavy (non-hydrogen) atoms. The van der Waals surface area contributed by atoms with Crippen LogP contribution in [0, 0.1) is 11.3 Å². The molecule has 0 aliphatic rings. The van der Waals surface area contributed by atoms with Crippen molar-refractivity contribution in [3.8, 4) is 6.07 Å². The van der Waals surface area contributed by atoms with Crippen molar-refractivity contribution >= 4 is 34.2 Å². The molecule has 0 aliphatic carbocycles. The lowest BCUT2D eigenvalue weighted by Crippen LogP contribution is -2.20. The summed E-state index contributed by atoms with van der Waals surface area (Å²) in [4.78, 5) is 24.1. The number of carboxylic acid groups (broad SMARTS) is 1. The summed E-state index contributed by atoms with van der Waals surface area (Å²) in [7, 11) is 0. The third-order valence-corrected chi connectivity index (χ3v) is 4.51. The number of nitrogens with zero attached hydrogens (tertiary/aromatic N) is 2. The molecule has 0 fully saturated rings. The zero-order valence-electron chi connectivity index (χ0n) is 16.4. The Kier molecular flexibility index (Phi) is 8.46. The molecule has 0 saturated heterocycles. The van der Waals surface area contributed by atoms with Gasteiger partial charge in [-0.15, -0.1) is 0 Å². The van der Waals surface area contributed by atoms with Crippen LogP contribution in [0.5, 0.6) is 0 Å². The molecular formula is C20H24ClN3O5. The van der Waals surface area contributed by atoms with E-state index in [1.165, 1.54) is 6.20 Å². The Morgan fingerprint density at radius 1 is 1.28 bits per heavy atom. The van der Waals surface area contributed by atoms with E-state index in [4.69, 9.17) is 26.3 Å². The van der Waals surface area contributed by atoms with Gasteiger partial charge in [0, 0.05) is 24.2 Å². The monoisotopic (exact) mass is 421 g/mol. The van der Waals surface area contributed by atoms with Crippen molar-refractivity contribution in [3.05, 3.63) is 39.1 Å². The summed E-state index contributed by atoms with van der Waals surface area (Å²) in [5.41, 5.74) is 0.286. The number of halogens is 1. The van der Waals surface area contributed by atoms with Gasteiger partial charge in [-0.2, -0.15) is 5.26 Å². The molecule has 2 rings (SSSR count). The molecule has 156 valence electrons. The first kappa shape index (κ1) is 22.7. The Labute approximate surface area is 173 Å². The van der Waals surface area contributed by atoms with E-state index in [0.717, 1.165) is 0 Å². The molecule has 0 radical (unpaired) electrons. The van der Waals surface area contributed by atoms with Gasteiger partial charge in [-0.25, -0.2) is 4.79 Å². The Hall–Kier alpha value is -2.60. The lowest BCUT2D eigenvalue weighted by atomic mass is 10.1. The molecule has 1 aromatic heterocycles. The number of pyridine rings is 1. The summed E-state index contributed by atoms with van der Waals surface area (Å²) in [6.07, 6.45) is 1.71. The van der Waals surface area contributed by atoms with Crippen LogP contribution in [0.1, 0.15) is 36.7 Å². The molecule has 0 spiro atoms. The predicted molar refractivity (Wildman–Crippen MR) is 111 cm³/mol. The molecule has 2 N–H and O–H groups in total. The zero-order chi connectivity index (χ0) is 21.4. The third-order valence-electron chi connectivity index (χ3n) is 4.20. The van der Waals surface area contributed by atoms with Crippen molar-refractivity contribution < 1.29 is 19.4 Å². The van der Waals surface area contributed by atoms with Crippen LogP contribution in [0.15, 0.2) is 23.1 Å². The Morgan fingerprint density at radius 2 is 1.97 bits per heavy atom. The van der Waals surface area contributed by atoms with E-state index in [9.17, 15) is 14.7 Å². The molecule has 0 unspecified atom stereocenters. The zero-order valence-corrected chi connectivity index (χ0v) is 17.2. The first-order valence-electron chi connectivity index (χ1n) is 9.24. The molecule has 0 amide bonds. The van der Waals surface area contributed by atoms with Crippen molar-refractivity contribution in [2.45, 2.75) is 26.3 Å². The van der Waals surface area contributed by atoms with E-state index >= 15 is 0 Å². The summed E-state index contributed by atoms with van der Waals surface area (Å²) >= 11 is 6.36. The minimum Gasteiger partial charge on any atom is -0.477 e. The SMILES string of the molecule is CC(C)n1cc(C(=O)O)c(=O)c2cc(NCCOCCOCCC#N)c(Cl)cc21. The van der Waals surface area contributed by atoms with E-state index in [1.54, 1.807) is 16.7 Å². The van der Waals surface area contributed by atoms with Crippen LogP contribution in [0.4, 0.5) is 5.69 Å². The minimum atomic E-state index is -1.26. The number of nitrogens with one attached hydrogen (secondary N) is 1. The van der Waals surface area contributed by atoms with Gasteiger partial charge in [-0.1, -0.05) is 11.6 Å². The molecule has 0 saturated carbocycles. The van der Waals surface area contributed by atoms with E-state index < -0.39 is 11.4 Å². The molecule has 0 bridgehead atoms.